The summed E-state index contributed by atoms with van der Waals surface area (Å²) in [4.78, 5) is 0. The predicted octanol–water partition coefficient (Wildman–Crippen LogP) is 1.35. The average molecular weight is 145 g/mol. The monoisotopic (exact) mass is 145 g/mol. The fourth-order valence-electron chi connectivity index (χ4n) is 0.859. The first kappa shape index (κ1) is 9.92. The summed E-state index contributed by atoms with van der Waals surface area (Å²) in [7, 11) is 0. The summed E-state index contributed by atoms with van der Waals surface area (Å²) in [6, 6.07) is 0. The lowest BCUT2D eigenvalue weighted by Gasteiger charge is -2.06. The maximum absolute atomic E-state index is 8.38. The van der Waals surface area contributed by atoms with E-state index in [0.29, 0.717) is 0 Å². The van der Waals surface area contributed by atoms with Crippen LogP contribution < -0.4 is 5.32 Å². The van der Waals surface area contributed by atoms with Crippen molar-refractivity contribution in [1.82, 2.24) is 5.32 Å². The molecule has 0 aliphatic rings. The first-order chi connectivity index (χ1) is 4.81. The maximum Gasteiger partial charge on any atom is 0.0931 e. The van der Waals surface area contributed by atoms with Crippen molar-refractivity contribution in [3.8, 4) is 0 Å². The zero-order valence-electron chi connectivity index (χ0n) is 7.06. The van der Waals surface area contributed by atoms with Gasteiger partial charge in [-0.05, 0) is 25.3 Å². The van der Waals surface area contributed by atoms with Crippen molar-refractivity contribution in [2.75, 3.05) is 13.3 Å². The quantitative estimate of drug-likeness (QED) is 0.437. The second-order valence-corrected chi connectivity index (χ2v) is 2.81. The Morgan fingerprint density at radius 1 is 1.50 bits per heavy atom. The molecule has 2 N–H and O–H groups in total. The van der Waals surface area contributed by atoms with Gasteiger partial charge in [0.25, 0.3) is 0 Å². The van der Waals surface area contributed by atoms with Crippen LogP contribution in [0.2, 0.25) is 0 Å². The van der Waals surface area contributed by atoms with Gasteiger partial charge in [0.2, 0.25) is 0 Å². The Hall–Kier alpha value is -0.0800. The van der Waals surface area contributed by atoms with E-state index in [1.807, 2.05) is 0 Å². The van der Waals surface area contributed by atoms with Crippen LogP contribution in [-0.2, 0) is 0 Å². The molecule has 0 amide bonds. The second kappa shape index (κ2) is 7.03. The molecule has 0 bridgehead atoms. The van der Waals surface area contributed by atoms with Crippen molar-refractivity contribution in [3.05, 3.63) is 0 Å². The highest BCUT2D eigenvalue weighted by Crippen LogP contribution is 2.07. The van der Waals surface area contributed by atoms with Crippen molar-refractivity contribution in [2.24, 2.45) is 5.92 Å². The Labute approximate surface area is 63.6 Å². The molecule has 0 spiro atoms. The highest BCUT2D eigenvalue weighted by atomic mass is 16.3. The number of aliphatic hydroxyl groups excluding tert-OH is 1. The van der Waals surface area contributed by atoms with Crippen molar-refractivity contribution in [3.63, 3.8) is 0 Å². The van der Waals surface area contributed by atoms with Crippen LogP contribution in [0.3, 0.4) is 0 Å². The Balaban J connectivity index is 2.89. The van der Waals surface area contributed by atoms with Gasteiger partial charge < -0.3 is 5.11 Å². The van der Waals surface area contributed by atoms with Gasteiger partial charge in [-0.15, -0.1) is 0 Å². The lowest BCUT2D eigenvalue weighted by molar-refractivity contribution is 0.258. The molecule has 0 fully saturated rings. The standard InChI is InChI=1S/C8H19NO/c1-3-8(2)5-4-6-9-7-10/h8-10H,3-7H2,1-2H3. The van der Waals surface area contributed by atoms with Gasteiger partial charge in [-0.1, -0.05) is 20.3 Å². The minimum Gasteiger partial charge on any atom is -0.381 e. The lowest BCUT2D eigenvalue weighted by atomic mass is 10.0. The molecular weight excluding hydrogens is 126 g/mol. The van der Waals surface area contributed by atoms with Gasteiger partial charge in [0.05, 0.1) is 6.73 Å². The fourth-order valence-corrected chi connectivity index (χ4v) is 0.859. The molecule has 0 saturated carbocycles. The van der Waals surface area contributed by atoms with Crippen molar-refractivity contribution < 1.29 is 5.11 Å². The molecule has 0 aliphatic heterocycles. The zero-order chi connectivity index (χ0) is 7.82. The summed E-state index contributed by atoms with van der Waals surface area (Å²) in [6.07, 6.45) is 3.71. The minimum absolute atomic E-state index is 0.112. The summed E-state index contributed by atoms with van der Waals surface area (Å²) >= 11 is 0. The molecule has 0 aromatic carbocycles. The fraction of sp³-hybridized carbons (Fsp3) is 1.00. The van der Waals surface area contributed by atoms with E-state index in [1.54, 1.807) is 0 Å². The van der Waals surface area contributed by atoms with Gasteiger partial charge in [-0.25, -0.2) is 0 Å². The van der Waals surface area contributed by atoms with E-state index >= 15 is 0 Å². The summed E-state index contributed by atoms with van der Waals surface area (Å²) in [5, 5.41) is 11.3. The van der Waals surface area contributed by atoms with Crippen LogP contribution in [0, 0.1) is 5.92 Å². The summed E-state index contributed by atoms with van der Waals surface area (Å²) in [5.41, 5.74) is 0. The van der Waals surface area contributed by atoms with Gasteiger partial charge in [0.1, 0.15) is 0 Å². The number of hydrogen-bond acceptors (Lipinski definition) is 2. The highest BCUT2D eigenvalue weighted by molar-refractivity contribution is 4.51. The number of aliphatic hydroxyl groups is 1. The molecule has 62 valence electrons. The van der Waals surface area contributed by atoms with Crippen LogP contribution in [0.5, 0.6) is 0 Å². The van der Waals surface area contributed by atoms with Crippen LogP contribution in [0.4, 0.5) is 0 Å². The lowest BCUT2D eigenvalue weighted by Crippen LogP contribution is -2.16. The van der Waals surface area contributed by atoms with E-state index in [9.17, 15) is 0 Å². The van der Waals surface area contributed by atoms with Crippen molar-refractivity contribution in [1.29, 1.82) is 0 Å². The molecule has 0 radical (unpaired) electrons. The number of nitrogens with one attached hydrogen (secondary N) is 1. The minimum atomic E-state index is 0.112. The van der Waals surface area contributed by atoms with E-state index in [1.165, 1.54) is 19.3 Å². The van der Waals surface area contributed by atoms with Crippen LogP contribution in [0.25, 0.3) is 0 Å². The van der Waals surface area contributed by atoms with Crippen LogP contribution in [0.1, 0.15) is 33.1 Å². The van der Waals surface area contributed by atoms with E-state index < -0.39 is 0 Å². The second-order valence-electron chi connectivity index (χ2n) is 2.81. The normalized spacial score (nSPS) is 13.5. The third kappa shape index (κ3) is 6.05. The Kier molecular flexibility index (Phi) is 6.98. The first-order valence-electron chi connectivity index (χ1n) is 4.12. The molecule has 10 heavy (non-hydrogen) atoms. The van der Waals surface area contributed by atoms with Crippen LogP contribution in [-0.4, -0.2) is 18.4 Å². The molecule has 1 unspecified atom stereocenters. The average Bonchev–Trinajstić information content (AvgIpc) is 1.98. The molecule has 2 nitrogen and oxygen atoms in total. The van der Waals surface area contributed by atoms with E-state index in [2.05, 4.69) is 19.2 Å². The van der Waals surface area contributed by atoms with E-state index in [4.69, 9.17) is 5.11 Å². The third-order valence-corrected chi connectivity index (χ3v) is 1.86. The topological polar surface area (TPSA) is 32.3 Å². The molecule has 0 rings (SSSR count). The van der Waals surface area contributed by atoms with Crippen LogP contribution >= 0.6 is 0 Å². The molecule has 0 aliphatic carbocycles. The van der Waals surface area contributed by atoms with Crippen LogP contribution in [0.15, 0.2) is 0 Å². The molecular formula is C8H19NO. The van der Waals surface area contributed by atoms with Gasteiger partial charge in [-0.2, -0.15) is 0 Å². The van der Waals surface area contributed by atoms with E-state index in [-0.39, 0.29) is 6.73 Å². The van der Waals surface area contributed by atoms with Gasteiger partial charge in [-0.3, -0.25) is 5.32 Å². The highest BCUT2D eigenvalue weighted by Gasteiger charge is 1.96. The summed E-state index contributed by atoms with van der Waals surface area (Å²) in [6.45, 7) is 5.53. The smallest absolute Gasteiger partial charge is 0.0931 e. The van der Waals surface area contributed by atoms with Gasteiger partial charge in [0, 0.05) is 0 Å². The zero-order valence-corrected chi connectivity index (χ0v) is 7.06. The third-order valence-electron chi connectivity index (χ3n) is 1.86. The van der Waals surface area contributed by atoms with Gasteiger partial charge >= 0.3 is 0 Å². The Morgan fingerprint density at radius 2 is 2.20 bits per heavy atom. The molecule has 0 heterocycles. The first-order valence-corrected chi connectivity index (χ1v) is 4.12. The Bertz CT molecular complexity index is 66.3. The number of hydrogen-bond donors (Lipinski definition) is 2. The number of rotatable bonds is 6. The van der Waals surface area contributed by atoms with E-state index in [0.717, 1.165) is 12.5 Å². The maximum atomic E-state index is 8.38. The largest absolute Gasteiger partial charge is 0.381 e. The van der Waals surface area contributed by atoms with Gasteiger partial charge in [0.15, 0.2) is 0 Å². The molecule has 0 aromatic heterocycles. The predicted molar refractivity (Wildman–Crippen MR) is 43.8 cm³/mol. The molecule has 2 heteroatoms. The molecule has 0 aromatic rings. The molecule has 0 saturated heterocycles. The summed E-state index contributed by atoms with van der Waals surface area (Å²) in [5.74, 6) is 0.834. The summed E-state index contributed by atoms with van der Waals surface area (Å²) < 4.78 is 0. The van der Waals surface area contributed by atoms with Crippen molar-refractivity contribution >= 4 is 0 Å². The molecule has 1 atom stereocenters. The van der Waals surface area contributed by atoms with Crippen molar-refractivity contribution in [2.45, 2.75) is 33.1 Å². The Morgan fingerprint density at radius 3 is 2.70 bits per heavy atom. The SMILES string of the molecule is CCC(C)CCCNCO.